The molecule has 0 saturated carbocycles. The van der Waals surface area contributed by atoms with Crippen LogP contribution in [-0.4, -0.2) is 41.0 Å². The summed E-state index contributed by atoms with van der Waals surface area (Å²) >= 11 is 0. The third kappa shape index (κ3) is 3.92. The minimum atomic E-state index is -0.525. The summed E-state index contributed by atoms with van der Waals surface area (Å²) < 4.78 is 5.56. The van der Waals surface area contributed by atoms with E-state index in [0.717, 1.165) is 28.3 Å². The number of aryl methyl sites for hydroxylation is 2. The Morgan fingerprint density at radius 2 is 1.88 bits per heavy atom. The minimum absolute atomic E-state index is 0.0331. The molecule has 164 valence electrons. The highest BCUT2D eigenvalue weighted by molar-refractivity contribution is 5.96. The lowest BCUT2D eigenvalue weighted by Gasteiger charge is -2.39. The summed E-state index contributed by atoms with van der Waals surface area (Å²) in [4.78, 5) is 23.1. The van der Waals surface area contributed by atoms with Crippen molar-refractivity contribution in [2.75, 3.05) is 20.2 Å². The largest absolute Gasteiger partial charge is 0.371 e. The van der Waals surface area contributed by atoms with Gasteiger partial charge in [0.05, 0.1) is 23.0 Å². The molecule has 3 aromatic rings. The number of imidazole rings is 1. The Kier molecular flexibility index (Phi) is 5.62. The summed E-state index contributed by atoms with van der Waals surface area (Å²) in [6.07, 6.45) is 0. The van der Waals surface area contributed by atoms with E-state index in [4.69, 9.17) is 10.00 Å². The van der Waals surface area contributed by atoms with E-state index >= 15 is 0 Å². The molecule has 32 heavy (non-hydrogen) atoms. The van der Waals surface area contributed by atoms with Crippen molar-refractivity contribution in [1.82, 2.24) is 14.9 Å². The van der Waals surface area contributed by atoms with Gasteiger partial charge in [-0.3, -0.25) is 4.79 Å². The monoisotopic (exact) mass is 428 g/mol. The Labute approximate surface area is 188 Å². The molecular formula is C26H28N4O2. The van der Waals surface area contributed by atoms with Crippen LogP contribution in [0.1, 0.15) is 58.3 Å². The molecule has 1 saturated heterocycles. The van der Waals surface area contributed by atoms with Crippen LogP contribution in [0.15, 0.2) is 42.5 Å². The zero-order chi connectivity index (χ0) is 23.0. The number of amides is 1. The van der Waals surface area contributed by atoms with Gasteiger partial charge in [0.25, 0.3) is 5.91 Å². The molecule has 2 aromatic carbocycles. The molecule has 0 aliphatic carbocycles. The number of H-pyrrole nitrogens is 1. The number of carbonyl (C=O) groups excluding carboxylic acids is 1. The molecule has 0 spiro atoms. The van der Waals surface area contributed by atoms with Gasteiger partial charge in [-0.2, -0.15) is 5.26 Å². The van der Waals surface area contributed by atoms with Crippen molar-refractivity contribution in [1.29, 1.82) is 5.26 Å². The molecule has 1 amide bonds. The summed E-state index contributed by atoms with van der Waals surface area (Å²) in [7, 11) is 1.67. The average molecular weight is 429 g/mol. The molecule has 0 bridgehead atoms. The highest BCUT2D eigenvalue weighted by atomic mass is 16.5. The molecule has 1 aliphatic rings. The van der Waals surface area contributed by atoms with Crippen LogP contribution in [0.5, 0.6) is 0 Å². The van der Waals surface area contributed by atoms with Crippen molar-refractivity contribution in [2.45, 2.75) is 39.2 Å². The molecule has 1 fully saturated rings. The molecule has 1 aromatic heterocycles. The molecule has 6 heteroatoms. The van der Waals surface area contributed by atoms with E-state index in [1.54, 1.807) is 7.11 Å². The fourth-order valence-corrected chi connectivity index (χ4v) is 4.00. The van der Waals surface area contributed by atoms with E-state index in [2.05, 4.69) is 16.0 Å². The topological polar surface area (TPSA) is 82.0 Å². The fraction of sp³-hybridized carbons (Fsp3) is 0.346. The van der Waals surface area contributed by atoms with Crippen molar-refractivity contribution < 1.29 is 9.53 Å². The van der Waals surface area contributed by atoms with Gasteiger partial charge in [-0.05, 0) is 63.1 Å². The summed E-state index contributed by atoms with van der Waals surface area (Å²) in [5.41, 5.74) is 5.81. The number of rotatable bonds is 5. The SMILES string of the molecule is COC(C)(C)c1nc(C)c(-c2cc(C(=O)N3CC(c4ccc(C#N)cc4)C3)ccc2C)[nH]1. The lowest BCUT2D eigenvalue weighted by atomic mass is 9.90. The number of ether oxygens (including phenoxy) is 1. The number of nitrogens with zero attached hydrogens (tertiary/aromatic N) is 3. The summed E-state index contributed by atoms with van der Waals surface area (Å²) in [6.45, 7) is 9.31. The smallest absolute Gasteiger partial charge is 0.253 e. The van der Waals surface area contributed by atoms with Gasteiger partial charge in [0.15, 0.2) is 0 Å². The van der Waals surface area contributed by atoms with Crippen LogP contribution in [0, 0.1) is 25.2 Å². The predicted molar refractivity (Wildman–Crippen MR) is 123 cm³/mol. The van der Waals surface area contributed by atoms with Crippen LogP contribution < -0.4 is 0 Å². The molecular weight excluding hydrogens is 400 g/mol. The van der Waals surface area contributed by atoms with Crippen molar-refractivity contribution >= 4 is 5.91 Å². The highest BCUT2D eigenvalue weighted by Crippen LogP contribution is 2.32. The Hall–Kier alpha value is -3.43. The first kappa shape index (κ1) is 21.8. The van der Waals surface area contributed by atoms with Gasteiger partial charge in [-0.1, -0.05) is 18.2 Å². The first-order chi connectivity index (χ1) is 15.2. The van der Waals surface area contributed by atoms with Crippen molar-refractivity contribution in [3.8, 4) is 17.3 Å². The second-order valence-electron chi connectivity index (χ2n) is 8.93. The standard InChI is InChI=1S/C26H28N4O2/c1-16-6-9-20(12-22(16)23-17(2)28-25(29-23)26(3,4)32-5)24(31)30-14-21(15-30)19-10-7-18(13-27)8-11-19/h6-12,21H,14-15H2,1-5H3,(H,28,29). The molecule has 4 rings (SSSR count). The molecule has 6 nitrogen and oxygen atoms in total. The van der Waals surface area contributed by atoms with E-state index in [-0.39, 0.29) is 5.91 Å². The van der Waals surface area contributed by atoms with Crippen LogP contribution >= 0.6 is 0 Å². The lowest BCUT2D eigenvalue weighted by molar-refractivity contribution is 0.0122. The normalized spacial score (nSPS) is 14.2. The van der Waals surface area contributed by atoms with Gasteiger partial charge >= 0.3 is 0 Å². The van der Waals surface area contributed by atoms with Crippen LogP contribution in [-0.2, 0) is 10.3 Å². The summed E-state index contributed by atoms with van der Waals surface area (Å²) in [6, 6.07) is 15.6. The van der Waals surface area contributed by atoms with E-state index in [1.807, 2.05) is 75.1 Å². The van der Waals surface area contributed by atoms with Gasteiger partial charge in [-0.15, -0.1) is 0 Å². The maximum atomic E-state index is 13.1. The number of nitrogens with one attached hydrogen (secondary N) is 1. The van der Waals surface area contributed by atoms with Gasteiger partial charge in [-0.25, -0.2) is 4.98 Å². The Bertz CT molecular complexity index is 1200. The number of nitriles is 1. The predicted octanol–water partition coefficient (Wildman–Crippen LogP) is 4.69. The molecule has 0 radical (unpaired) electrons. The molecule has 1 aliphatic heterocycles. The minimum Gasteiger partial charge on any atom is -0.371 e. The van der Waals surface area contributed by atoms with Gasteiger partial charge in [0.1, 0.15) is 11.4 Å². The second-order valence-corrected chi connectivity index (χ2v) is 8.93. The first-order valence-corrected chi connectivity index (χ1v) is 10.8. The fourth-order valence-electron chi connectivity index (χ4n) is 4.00. The number of hydrogen-bond donors (Lipinski definition) is 1. The van der Waals surface area contributed by atoms with Gasteiger partial charge in [0.2, 0.25) is 0 Å². The van der Waals surface area contributed by atoms with Crippen molar-refractivity contribution in [2.24, 2.45) is 0 Å². The van der Waals surface area contributed by atoms with Crippen molar-refractivity contribution in [3.05, 3.63) is 76.2 Å². The van der Waals surface area contributed by atoms with E-state index in [0.29, 0.717) is 30.1 Å². The Balaban J connectivity index is 1.53. The van der Waals surface area contributed by atoms with Crippen LogP contribution in [0.4, 0.5) is 0 Å². The van der Waals surface area contributed by atoms with Gasteiger partial charge in [0, 0.05) is 37.2 Å². The number of hydrogen-bond acceptors (Lipinski definition) is 4. The lowest BCUT2D eigenvalue weighted by Crippen LogP contribution is -2.48. The quantitative estimate of drug-likeness (QED) is 0.639. The number of benzene rings is 2. The Morgan fingerprint density at radius 3 is 2.50 bits per heavy atom. The van der Waals surface area contributed by atoms with Crippen LogP contribution in [0.3, 0.4) is 0 Å². The third-order valence-corrected chi connectivity index (χ3v) is 6.40. The van der Waals surface area contributed by atoms with E-state index in [9.17, 15) is 4.79 Å². The van der Waals surface area contributed by atoms with Crippen LogP contribution in [0.25, 0.3) is 11.3 Å². The third-order valence-electron chi connectivity index (χ3n) is 6.40. The maximum absolute atomic E-state index is 13.1. The number of likely N-dealkylation sites (tertiary alicyclic amines) is 1. The average Bonchev–Trinajstić information content (AvgIpc) is 3.15. The zero-order valence-electron chi connectivity index (χ0n) is 19.2. The molecule has 1 N–H and O–H groups in total. The Morgan fingerprint density at radius 1 is 1.19 bits per heavy atom. The number of aromatic nitrogens is 2. The van der Waals surface area contributed by atoms with E-state index < -0.39 is 5.60 Å². The summed E-state index contributed by atoms with van der Waals surface area (Å²) in [5.74, 6) is 1.10. The maximum Gasteiger partial charge on any atom is 0.253 e. The van der Waals surface area contributed by atoms with Gasteiger partial charge < -0.3 is 14.6 Å². The molecule has 2 heterocycles. The highest BCUT2D eigenvalue weighted by Gasteiger charge is 2.32. The second kappa shape index (κ2) is 8.25. The van der Waals surface area contributed by atoms with Crippen LogP contribution in [0.2, 0.25) is 0 Å². The summed E-state index contributed by atoms with van der Waals surface area (Å²) in [5, 5.41) is 8.96. The van der Waals surface area contributed by atoms with Crippen molar-refractivity contribution in [3.63, 3.8) is 0 Å². The van der Waals surface area contributed by atoms with E-state index in [1.165, 1.54) is 5.56 Å². The number of aromatic amines is 1. The number of carbonyl (C=O) groups is 1. The molecule has 0 atom stereocenters. The number of methoxy groups -OCH3 is 1. The zero-order valence-corrected chi connectivity index (χ0v) is 19.2. The first-order valence-electron chi connectivity index (χ1n) is 10.8. The molecule has 0 unspecified atom stereocenters.